The summed E-state index contributed by atoms with van der Waals surface area (Å²) < 4.78 is 5.08. The molecule has 0 aliphatic heterocycles. The van der Waals surface area contributed by atoms with Crippen LogP contribution in [-0.4, -0.2) is 41.0 Å². The number of ether oxygens (including phenoxy) is 1. The van der Waals surface area contributed by atoms with Gasteiger partial charge in [0.15, 0.2) is 0 Å². The van der Waals surface area contributed by atoms with E-state index in [0.29, 0.717) is 11.3 Å². The molecule has 7 heteroatoms. The molecule has 0 radical (unpaired) electrons. The fraction of sp³-hybridized carbons (Fsp3) is 0.353. The number of hydrogen-bond acceptors (Lipinski definition) is 4. The largest absolute Gasteiger partial charge is 0.465 e. The Hall–Kier alpha value is -3.19. The Kier molecular flexibility index (Phi) is 7.12. The summed E-state index contributed by atoms with van der Waals surface area (Å²) in [5.74, 6) is 11.0. The highest BCUT2D eigenvalue weighted by Crippen LogP contribution is 2.06. The summed E-state index contributed by atoms with van der Waals surface area (Å²) >= 11 is 0. The molecule has 0 bridgehead atoms. The van der Waals surface area contributed by atoms with E-state index in [1.54, 1.807) is 39.1 Å². The van der Waals surface area contributed by atoms with Gasteiger partial charge in [0.1, 0.15) is 11.3 Å². The van der Waals surface area contributed by atoms with E-state index in [4.69, 9.17) is 9.84 Å². The van der Waals surface area contributed by atoms with Gasteiger partial charge >= 0.3 is 12.2 Å². The predicted octanol–water partition coefficient (Wildman–Crippen LogP) is 1.58. The molecule has 1 aromatic rings. The summed E-state index contributed by atoms with van der Waals surface area (Å²) in [7, 11) is 0. The van der Waals surface area contributed by atoms with Gasteiger partial charge in [0, 0.05) is 11.8 Å². The second kappa shape index (κ2) is 9.06. The number of nitrogens with zero attached hydrogens (tertiary/aromatic N) is 1. The van der Waals surface area contributed by atoms with Crippen molar-refractivity contribution in [3.8, 4) is 23.7 Å². The molecule has 0 unspecified atom stereocenters. The van der Waals surface area contributed by atoms with Crippen LogP contribution in [0.25, 0.3) is 0 Å². The smallest absolute Gasteiger partial charge is 0.408 e. The molecular weight excluding hydrogens is 310 g/mol. The average Bonchev–Trinajstić information content (AvgIpc) is 2.47. The van der Waals surface area contributed by atoms with Crippen molar-refractivity contribution in [3.63, 3.8) is 0 Å². The predicted molar refractivity (Wildman–Crippen MR) is 88.3 cm³/mol. The molecule has 0 fully saturated rings. The molecule has 0 spiro atoms. The lowest BCUT2D eigenvalue weighted by molar-refractivity contribution is 0.0535. The first kappa shape index (κ1) is 18.9. The highest BCUT2D eigenvalue weighted by molar-refractivity contribution is 5.68. The molecule has 1 heterocycles. The van der Waals surface area contributed by atoms with Gasteiger partial charge in [-0.15, -0.1) is 0 Å². The minimum Gasteiger partial charge on any atom is -0.465 e. The van der Waals surface area contributed by atoms with Gasteiger partial charge in [-0.2, -0.15) is 0 Å². The second-order valence-electron chi connectivity index (χ2n) is 5.55. The third-order valence-electron chi connectivity index (χ3n) is 2.26. The van der Waals surface area contributed by atoms with Gasteiger partial charge in [-0.1, -0.05) is 17.8 Å². The van der Waals surface area contributed by atoms with Crippen molar-refractivity contribution in [3.05, 3.63) is 29.6 Å². The van der Waals surface area contributed by atoms with Gasteiger partial charge in [-0.05, 0) is 38.8 Å². The Balaban J connectivity index is 2.45. The Morgan fingerprint density at radius 1 is 1.17 bits per heavy atom. The topological polar surface area (TPSA) is 101 Å². The first-order chi connectivity index (χ1) is 11.3. The van der Waals surface area contributed by atoms with E-state index in [1.807, 2.05) is 0 Å². The van der Waals surface area contributed by atoms with Gasteiger partial charge < -0.3 is 20.5 Å². The van der Waals surface area contributed by atoms with E-state index >= 15 is 0 Å². The van der Waals surface area contributed by atoms with Crippen LogP contribution in [-0.2, 0) is 4.74 Å². The first-order valence-corrected chi connectivity index (χ1v) is 7.14. The van der Waals surface area contributed by atoms with Crippen molar-refractivity contribution in [2.24, 2.45) is 0 Å². The normalized spacial score (nSPS) is 9.62. The zero-order valence-corrected chi connectivity index (χ0v) is 13.8. The zero-order chi connectivity index (χ0) is 18.0. The lowest BCUT2D eigenvalue weighted by Crippen LogP contribution is -2.32. The molecule has 126 valence electrons. The fourth-order valence-corrected chi connectivity index (χ4v) is 1.37. The molecule has 1 aromatic heterocycles. The molecular formula is C17H19N3O4. The standard InChI is InChI=1S/C17H19N3O4/c1-17(2,3)24-16(23)19-11-5-7-14-9-8-13(12-20-14)6-4-10-18-15(21)22/h8-9,12,18H,10-11H2,1-3H3,(H,19,23)(H,21,22). The quantitative estimate of drug-likeness (QED) is 0.715. The van der Waals surface area contributed by atoms with Crippen molar-refractivity contribution >= 4 is 12.2 Å². The summed E-state index contributed by atoms with van der Waals surface area (Å²) in [5, 5.41) is 13.1. The molecule has 3 N–H and O–H groups in total. The van der Waals surface area contributed by atoms with Crippen molar-refractivity contribution < 1.29 is 19.4 Å². The third kappa shape index (κ3) is 8.96. The van der Waals surface area contributed by atoms with Crippen LogP contribution in [0.15, 0.2) is 18.3 Å². The molecule has 2 amide bonds. The number of aromatic nitrogens is 1. The van der Waals surface area contributed by atoms with Gasteiger partial charge in [0.2, 0.25) is 0 Å². The van der Waals surface area contributed by atoms with E-state index < -0.39 is 17.8 Å². The summed E-state index contributed by atoms with van der Waals surface area (Å²) in [6.07, 6.45) is -0.0996. The molecule has 0 aromatic carbocycles. The summed E-state index contributed by atoms with van der Waals surface area (Å²) in [6, 6.07) is 3.42. The Morgan fingerprint density at radius 3 is 2.42 bits per heavy atom. The average molecular weight is 329 g/mol. The number of rotatable bonds is 2. The van der Waals surface area contributed by atoms with Crippen LogP contribution in [0.4, 0.5) is 9.59 Å². The minimum absolute atomic E-state index is 0.0488. The number of pyridine rings is 1. The summed E-state index contributed by atoms with van der Waals surface area (Å²) in [5.41, 5.74) is 0.644. The van der Waals surface area contributed by atoms with E-state index in [-0.39, 0.29) is 13.1 Å². The molecule has 0 saturated carbocycles. The number of carboxylic acid groups (broad SMARTS) is 1. The van der Waals surface area contributed by atoms with Crippen LogP contribution in [0.5, 0.6) is 0 Å². The van der Waals surface area contributed by atoms with Crippen molar-refractivity contribution in [2.75, 3.05) is 13.1 Å². The van der Waals surface area contributed by atoms with Crippen molar-refractivity contribution in [1.29, 1.82) is 0 Å². The molecule has 0 atom stereocenters. The maximum atomic E-state index is 11.4. The van der Waals surface area contributed by atoms with E-state index in [2.05, 4.69) is 39.3 Å². The molecule has 0 aliphatic rings. The number of amides is 2. The third-order valence-corrected chi connectivity index (χ3v) is 2.26. The Bertz CT molecular complexity index is 698. The molecule has 0 saturated heterocycles. The van der Waals surface area contributed by atoms with Crippen LogP contribution < -0.4 is 10.6 Å². The number of carbonyl (C=O) groups excluding carboxylic acids is 1. The Labute approximate surface area is 140 Å². The Morgan fingerprint density at radius 2 is 1.83 bits per heavy atom. The lowest BCUT2D eigenvalue weighted by atomic mass is 10.2. The maximum absolute atomic E-state index is 11.4. The van der Waals surface area contributed by atoms with Crippen molar-refractivity contribution in [2.45, 2.75) is 26.4 Å². The van der Waals surface area contributed by atoms with Gasteiger partial charge in [0.25, 0.3) is 0 Å². The molecule has 7 nitrogen and oxygen atoms in total. The van der Waals surface area contributed by atoms with Crippen LogP contribution in [0.1, 0.15) is 32.0 Å². The monoisotopic (exact) mass is 329 g/mol. The van der Waals surface area contributed by atoms with E-state index in [1.165, 1.54) is 0 Å². The number of hydrogen-bond donors (Lipinski definition) is 3. The molecule has 24 heavy (non-hydrogen) atoms. The SMILES string of the molecule is CC(C)(C)OC(=O)NCC#Cc1ccc(C#CCNC(=O)O)cn1. The lowest BCUT2D eigenvalue weighted by Gasteiger charge is -2.18. The summed E-state index contributed by atoms with van der Waals surface area (Å²) in [6.45, 7) is 5.55. The number of alkyl carbamates (subject to hydrolysis) is 1. The maximum Gasteiger partial charge on any atom is 0.408 e. The number of nitrogens with one attached hydrogen (secondary N) is 2. The van der Waals surface area contributed by atoms with Crippen molar-refractivity contribution in [1.82, 2.24) is 15.6 Å². The highest BCUT2D eigenvalue weighted by atomic mass is 16.6. The summed E-state index contributed by atoms with van der Waals surface area (Å²) in [4.78, 5) is 25.8. The van der Waals surface area contributed by atoms with Crippen LogP contribution >= 0.6 is 0 Å². The first-order valence-electron chi connectivity index (χ1n) is 7.14. The molecule has 1 rings (SSSR count). The minimum atomic E-state index is -1.12. The van der Waals surface area contributed by atoms with Gasteiger partial charge in [0.05, 0.1) is 13.1 Å². The molecule has 0 aliphatic carbocycles. The van der Waals surface area contributed by atoms with Crippen LogP contribution in [0.2, 0.25) is 0 Å². The highest BCUT2D eigenvalue weighted by Gasteiger charge is 2.14. The zero-order valence-electron chi connectivity index (χ0n) is 13.8. The van der Waals surface area contributed by atoms with Gasteiger partial charge in [-0.3, -0.25) is 0 Å². The number of carbonyl (C=O) groups is 2. The van der Waals surface area contributed by atoms with Gasteiger partial charge in [-0.25, -0.2) is 14.6 Å². The second-order valence-corrected chi connectivity index (χ2v) is 5.55. The van der Waals surface area contributed by atoms with E-state index in [0.717, 1.165) is 0 Å². The van der Waals surface area contributed by atoms with E-state index in [9.17, 15) is 9.59 Å². The van der Waals surface area contributed by atoms with Crippen LogP contribution in [0, 0.1) is 23.7 Å². The van der Waals surface area contributed by atoms with Crippen LogP contribution in [0.3, 0.4) is 0 Å². The fourth-order valence-electron chi connectivity index (χ4n) is 1.37.